The van der Waals surface area contributed by atoms with Gasteiger partial charge in [-0.25, -0.2) is 0 Å². The number of rotatable bonds is 13. The molecule has 0 saturated carbocycles. The van der Waals surface area contributed by atoms with E-state index in [1.54, 1.807) is 66.7 Å². The Labute approximate surface area is 738 Å². The summed E-state index contributed by atoms with van der Waals surface area (Å²) in [4.78, 5) is 1.36. The predicted molar refractivity (Wildman–Crippen MR) is 447 cm³/mol. The Bertz CT molecular complexity index is 5610. The van der Waals surface area contributed by atoms with Gasteiger partial charge in [0.2, 0.25) is 5.41 Å². The van der Waals surface area contributed by atoms with Gasteiger partial charge < -0.3 is 105 Å². The Balaban J connectivity index is 0.000000283. The minimum Gasteiger partial charge on any atom is -0.399 e. The summed E-state index contributed by atoms with van der Waals surface area (Å²) in [5.74, 6) is 0. The fourth-order valence-corrected chi connectivity index (χ4v) is 13.3. The Morgan fingerprint density at radius 2 is 0.470 bits per heavy atom. The van der Waals surface area contributed by atoms with Crippen molar-refractivity contribution in [1.82, 2.24) is 0 Å². The van der Waals surface area contributed by atoms with Crippen molar-refractivity contribution < 1.29 is 154 Å². The Morgan fingerprint density at radius 1 is 0.205 bits per heavy atom. The number of aliphatic hydroxyl groups is 7. The van der Waals surface area contributed by atoms with E-state index in [9.17, 15) is 154 Å². The highest BCUT2D eigenvalue weighted by Gasteiger charge is 2.73. The number of alkyl halides is 27. The molecular weight excluding hydrogens is 1850 g/mol. The average molecular weight is 1940 g/mol. The first kappa shape index (κ1) is 111. The van der Waals surface area contributed by atoms with Gasteiger partial charge in [0.05, 0.1) is 0 Å². The summed E-state index contributed by atoms with van der Waals surface area (Å²) in [7, 11) is 0. The van der Waals surface area contributed by atoms with Crippen LogP contribution >= 0.6 is 11.8 Å². The molecule has 726 valence electrons. The van der Waals surface area contributed by atoms with Gasteiger partial charge in [-0.15, -0.1) is 0 Å². The Hall–Kier alpha value is -11.8. The first-order chi connectivity index (χ1) is 59.2. The SMILES string of the molecule is CC(C)(c1ccc(N)cc1)c1ccc(N)c(C(C)(O)C(F)(F)F)c1.CC(O)(c1cc(C(c2ccc(N)cc2)(C(F)(F)F)C(F)(F)F)ccc1N)C(F)(F)F.CC(O)(c1cc(N)c(C(C)(O)C(F)(F)F)cc1N)C(F)(F)F.CC(O)(c1cc(N)ccc1N)C(F)(F)F.CC(O)(c1cc(Sc2ccc(N)cc2)ccc1N)C(F)(F)F.CC(O)(c1ccc2c(N)cccc2c1N)C(F)(F)F. The van der Waals surface area contributed by atoms with Gasteiger partial charge in [0.25, 0.3) is 0 Å². The summed E-state index contributed by atoms with van der Waals surface area (Å²) < 4.78 is 355. The summed E-state index contributed by atoms with van der Waals surface area (Å²) in [6.07, 6.45) is -47.0. The van der Waals surface area contributed by atoms with Crippen LogP contribution in [-0.4, -0.2) is 91.3 Å². The zero-order chi connectivity index (χ0) is 102. The van der Waals surface area contributed by atoms with Gasteiger partial charge in [0.15, 0.2) is 39.2 Å². The molecule has 132 heavy (non-hydrogen) atoms. The molecule has 0 aromatic heterocycles. The van der Waals surface area contributed by atoms with Crippen LogP contribution in [0.1, 0.15) is 124 Å². The molecule has 0 fully saturated rings. The van der Waals surface area contributed by atoms with Crippen molar-refractivity contribution in [2.75, 3.05) is 68.8 Å². The maximum atomic E-state index is 14.0. The average Bonchev–Trinajstić information content (AvgIpc) is 0.707. The number of hydrogen-bond donors (Lipinski definition) is 19. The van der Waals surface area contributed by atoms with Crippen molar-refractivity contribution >= 4 is 90.8 Å². The van der Waals surface area contributed by atoms with Gasteiger partial charge in [0, 0.05) is 133 Å². The second-order valence-electron chi connectivity index (χ2n) is 31.5. The highest BCUT2D eigenvalue weighted by atomic mass is 32.2. The maximum Gasteiger partial charge on any atom is 0.421 e. The van der Waals surface area contributed by atoms with Crippen LogP contribution in [-0.2, 0) is 50.0 Å². The normalized spacial score (nSPS) is 15.9. The van der Waals surface area contributed by atoms with E-state index in [-0.39, 0.29) is 63.8 Å². The van der Waals surface area contributed by atoms with Gasteiger partial charge in [-0.1, -0.05) is 86.3 Å². The van der Waals surface area contributed by atoms with Crippen molar-refractivity contribution in [3.8, 4) is 0 Å². The molecular formula is C85H89F27N12O7S. The lowest BCUT2D eigenvalue weighted by atomic mass is 9.71. The van der Waals surface area contributed by atoms with Gasteiger partial charge in [-0.05, 0) is 198 Å². The fraction of sp³-hybridized carbons (Fsp3) is 0.318. The zero-order valence-corrected chi connectivity index (χ0v) is 70.9. The van der Waals surface area contributed by atoms with Gasteiger partial charge >= 0.3 is 55.6 Å². The molecule has 0 spiro atoms. The summed E-state index contributed by atoms with van der Waals surface area (Å²) in [5, 5.41) is 68.7. The number of anilines is 12. The maximum absolute atomic E-state index is 14.0. The molecule has 0 heterocycles. The van der Waals surface area contributed by atoms with Crippen LogP contribution in [0.25, 0.3) is 10.8 Å². The summed E-state index contributed by atoms with van der Waals surface area (Å²) in [5.41, 5.74) is 30.8. The third-order valence-electron chi connectivity index (χ3n) is 21.2. The predicted octanol–water partition coefficient (Wildman–Crippen LogP) is 19.5. The highest BCUT2D eigenvalue weighted by Crippen LogP contribution is 2.59. The zero-order valence-electron chi connectivity index (χ0n) is 70.1. The minimum absolute atomic E-state index is 0.0276. The second-order valence-corrected chi connectivity index (χ2v) is 32.6. The van der Waals surface area contributed by atoms with E-state index in [1.165, 1.54) is 54.2 Å². The van der Waals surface area contributed by atoms with E-state index >= 15 is 0 Å². The molecule has 31 N–H and O–H groups in total. The lowest BCUT2D eigenvalue weighted by Gasteiger charge is -2.39. The summed E-state index contributed by atoms with van der Waals surface area (Å²) >= 11 is 1.26. The van der Waals surface area contributed by atoms with Crippen LogP contribution in [0.2, 0.25) is 0 Å². The number of fused-ring (bicyclic) bond motifs is 1. The van der Waals surface area contributed by atoms with Crippen LogP contribution in [0.4, 0.5) is 187 Å². The first-order valence-corrected chi connectivity index (χ1v) is 38.1. The molecule has 47 heteroatoms. The first-order valence-electron chi connectivity index (χ1n) is 37.3. The molecule has 0 amide bonds. The van der Waals surface area contributed by atoms with E-state index in [0.717, 1.165) is 34.7 Å². The van der Waals surface area contributed by atoms with Crippen molar-refractivity contribution in [3.63, 3.8) is 0 Å². The monoisotopic (exact) mass is 1930 g/mol. The number of nitrogens with two attached hydrogens (primary N) is 12. The van der Waals surface area contributed by atoms with Crippen LogP contribution < -0.4 is 68.8 Å². The van der Waals surface area contributed by atoms with Gasteiger partial charge in [-0.3, -0.25) is 0 Å². The molecule has 0 aliphatic carbocycles. The second kappa shape index (κ2) is 38.1. The largest absolute Gasteiger partial charge is 0.421 e. The number of nitrogen functional groups attached to an aromatic ring is 12. The fourth-order valence-electron chi connectivity index (χ4n) is 12.4. The lowest BCUT2D eigenvalue weighted by Crippen LogP contribution is -2.55. The molecule has 10 rings (SSSR count). The third-order valence-corrected chi connectivity index (χ3v) is 22.2. The van der Waals surface area contributed by atoms with Crippen molar-refractivity contribution in [2.45, 2.75) is 178 Å². The third kappa shape index (κ3) is 23.3. The van der Waals surface area contributed by atoms with E-state index in [4.69, 9.17) is 68.8 Å². The van der Waals surface area contributed by atoms with Crippen LogP contribution in [0.5, 0.6) is 0 Å². The Kier molecular flexibility index (Phi) is 31.9. The quantitative estimate of drug-likeness (QED) is 0.0376. The topological polar surface area (TPSA) is 454 Å². The molecule has 7 atom stereocenters. The number of hydrogen-bond acceptors (Lipinski definition) is 20. The molecule has 7 unspecified atom stereocenters. The number of halogens is 27. The van der Waals surface area contributed by atoms with Crippen molar-refractivity contribution in [3.05, 3.63) is 249 Å². The van der Waals surface area contributed by atoms with E-state index in [1.807, 2.05) is 26.0 Å². The van der Waals surface area contributed by atoms with E-state index < -0.39 is 156 Å². The molecule has 0 radical (unpaired) electrons. The highest BCUT2D eigenvalue weighted by molar-refractivity contribution is 7.99. The molecule has 10 aromatic rings. The van der Waals surface area contributed by atoms with Crippen LogP contribution in [0, 0.1) is 0 Å². The smallest absolute Gasteiger partial charge is 0.399 e. The van der Waals surface area contributed by atoms with Gasteiger partial charge in [-0.2, -0.15) is 119 Å². The molecule has 0 aliphatic heterocycles. The summed E-state index contributed by atoms with van der Waals surface area (Å²) in [6.45, 7) is 7.43. The van der Waals surface area contributed by atoms with Crippen molar-refractivity contribution in [2.24, 2.45) is 0 Å². The minimum atomic E-state index is -6.03. The summed E-state index contributed by atoms with van der Waals surface area (Å²) in [6, 6.07) is 37.9. The van der Waals surface area contributed by atoms with E-state index in [0.29, 0.717) is 116 Å². The van der Waals surface area contributed by atoms with Crippen LogP contribution in [0.3, 0.4) is 0 Å². The molecule has 10 aromatic carbocycles. The number of benzene rings is 10. The molecule has 0 bridgehead atoms. The van der Waals surface area contributed by atoms with E-state index in [2.05, 4.69) is 0 Å². The van der Waals surface area contributed by atoms with Crippen LogP contribution in [0.15, 0.2) is 198 Å². The molecule has 19 nitrogen and oxygen atoms in total. The molecule has 0 aliphatic rings. The molecule has 0 saturated heterocycles. The van der Waals surface area contributed by atoms with Gasteiger partial charge in [0.1, 0.15) is 0 Å². The van der Waals surface area contributed by atoms with Crippen molar-refractivity contribution in [1.29, 1.82) is 0 Å². The lowest BCUT2D eigenvalue weighted by molar-refractivity contribution is -0.288. The Morgan fingerprint density at radius 3 is 0.818 bits per heavy atom. The standard InChI is InChI=1S/C18H15F9N2O.C18H21F3N2O.C15H15F3N2OS.C13H13F3N2O.C12H14F6N2O2.C9H11F3N2O/c1-14(30,16(19,20)21)12-8-10(4-7-13(12)29)15(17(22,23)24,18(25,26)27)9-2-5-11(28)6-3-9;1-16(2,11-4-7-13(22)8-5-11)12-6-9-15(23)14(10-12)17(3,24)18(19,20)21;1-14(21,15(16,17)18)12-8-11(6-7-13(12)20)22-10-4-2-9(19)3-5-10;1-12(19,13(14,15)16)9-6-5-7-8(11(9)18)3-2-4-10(7)17;1-9(21,11(13,14)15)5-3-8(20)6(4-7(5)19)10(2,22)12(16,17)18;1-8(15,9(10,11)12)6-4-5(13)2-3-7(6)14/h2-8,30H,28-29H2,1H3;4-10,24H,22-23H2,1-3H3;2-8,21H,19-20H2,1H3;2-6,19H,17-18H2,1H3;3-4,21-22H,19-20H2,1-2H3;2-4,15H,13-14H2,1H3.